The van der Waals surface area contributed by atoms with Gasteiger partial charge in [-0.3, -0.25) is 9.59 Å². The molecule has 8 atom stereocenters. The second kappa shape index (κ2) is 10.6. The van der Waals surface area contributed by atoms with Crippen molar-refractivity contribution >= 4 is 27.5 Å². The summed E-state index contributed by atoms with van der Waals surface area (Å²) < 4.78 is 14.4. The van der Waals surface area contributed by atoms with Gasteiger partial charge in [0, 0.05) is 5.57 Å². The maximum Gasteiger partial charge on any atom is 0.168 e. The van der Waals surface area contributed by atoms with Gasteiger partial charge < -0.3 is 9.47 Å². The van der Waals surface area contributed by atoms with Crippen molar-refractivity contribution in [2.45, 2.75) is 26.7 Å². The van der Waals surface area contributed by atoms with E-state index < -0.39 is 44.5 Å². The van der Waals surface area contributed by atoms with E-state index in [1.54, 1.807) is 0 Å². The van der Waals surface area contributed by atoms with Crippen LogP contribution in [-0.4, -0.2) is 15.9 Å². The Bertz CT molecular complexity index is 2690. The third kappa shape index (κ3) is 3.37. The normalized spacial score (nSPS) is 34.2. The Kier molecular flexibility index (Phi) is 6.16. The lowest BCUT2D eigenvalue weighted by Crippen LogP contribution is -2.56. The Morgan fingerprint density at radius 3 is 1.47 bits per heavy atom. The number of hydrogen-bond donors (Lipinski definition) is 0. The number of carbonyl (C=O) groups excluding carboxylic acids is 2. The van der Waals surface area contributed by atoms with Crippen LogP contribution in [0, 0.1) is 17.8 Å². The molecule has 5 heteroatoms. The lowest BCUT2D eigenvalue weighted by atomic mass is 9.59. The maximum atomic E-state index is 16.3. The van der Waals surface area contributed by atoms with Crippen molar-refractivity contribution in [2.75, 3.05) is 0 Å². The molecule has 0 spiro atoms. The highest BCUT2D eigenvalue weighted by molar-refractivity contribution is 9.10. The lowest BCUT2D eigenvalue weighted by molar-refractivity contribution is -0.186. The quantitative estimate of drug-likeness (QED) is 0.168. The average molecular weight is 778 g/mol. The maximum absolute atomic E-state index is 16.3. The number of hydrogen-bond acceptors (Lipinski definition) is 4. The van der Waals surface area contributed by atoms with Crippen LogP contribution in [0.3, 0.4) is 0 Å². The Morgan fingerprint density at radius 1 is 0.473 bits per heavy atom. The predicted molar refractivity (Wildman–Crippen MR) is 212 cm³/mol. The molecule has 6 aliphatic rings. The van der Waals surface area contributed by atoms with Gasteiger partial charge in [0.2, 0.25) is 0 Å². The van der Waals surface area contributed by atoms with Crippen LogP contribution >= 0.6 is 15.9 Å². The number of ether oxygens (including phenoxy) is 2. The van der Waals surface area contributed by atoms with Crippen molar-refractivity contribution in [3.05, 3.63) is 238 Å². The van der Waals surface area contributed by atoms with E-state index in [-0.39, 0.29) is 11.6 Å². The van der Waals surface area contributed by atoms with E-state index in [1.807, 2.05) is 109 Å². The SMILES string of the molecule is O=C1[C@@H]2C3=C(C=C[C@H]1[C@@]1(c4ccccc4)O[C@]2(c2ccccc2)c2ccccc21)[C@@]1(Br)[C@@H](C3=O)[C@@]2(c3ccccc3)O[C@]1(c1ccccc1)c1ccccc12. The van der Waals surface area contributed by atoms with Crippen LogP contribution in [0.5, 0.6) is 0 Å². The van der Waals surface area contributed by atoms with Crippen LogP contribution in [-0.2, 0) is 41.5 Å². The van der Waals surface area contributed by atoms with E-state index in [0.717, 1.165) is 50.1 Å². The smallest absolute Gasteiger partial charge is 0.168 e. The lowest BCUT2D eigenvalue weighted by Gasteiger charge is -2.49. The van der Waals surface area contributed by atoms with Gasteiger partial charge in [-0.05, 0) is 50.1 Å². The molecule has 4 aliphatic heterocycles. The first-order valence-corrected chi connectivity index (χ1v) is 19.8. The zero-order valence-electron chi connectivity index (χ0n) is 29.6. The first kappa shape index (κ1) is 31.8. The monoisotopic (exact) mass is 776 g/mol. The summed E-state index contributed by atoms with van der Waals surface area (Å²) in [6.45, 7) is 0. The predicted octanol–water partition coefficient (Wildman–Crippen LogP) is 9.45. The molecule has 6 bridgehead atoms. The molecule has 0 unspecified atom stereocenters. The summed E-state index contributed by atoms with van der Waals surface area (Å²) in [6.07, 6.45) is 4.11. The Balaban J connectivity index is 1.22. The molecule has 4 nitrogen and oxygen atoms in total. The van der Waals surface area contributed by atoms with E-state index in [0.29, 0.717) is 5.57 Å². The van der Waals surface area contributed by atoms with Crippen LogP contribution in [0.25, 0.3) is 0 Å². The molecule has 6 aromatic carbocycles. The zero-order valence-corrected chi connectivity index (χ0v) is 31.1. The highest BCUT2D eigenvalue weighted by atomic mass is 79.9. The van der Waals surface area contributed by atoms with Gasteiger partial charge in [-0.15, -0.1) is 0 Å². The van der Waals surface area contributed by atoms with Gasteiger partial charge in [0.25, 0.3) is 0 Å². The molecule has 2 saturated heterocycles. The van der Waals surface area contributed by atoms with Gasteiger partial charge in [0.1, 0.15) is 26.7 Å². The second-order valence-electron chi connectivity index (χ2n) is 15.7. The van der Waals surface area contributed by atoms with Gasteiger partial charge >= 0.3 is 0 Å². The minimum Gasteiger partial charge on any atom is -0.347 e. The number of alkyl halides is 1. The minimum atomic E-state index is -1.29. The molecule has 264 valence electrons. The summed E-state index contributed by atoms with van der Waals surface area (Å²) in [5, 5.41) is 0. The van der Waals surface area contributed by atoms with Crippen LogP contribution < -0.4 is 0 Å². The molecule has 2 fully saturated rings. The van der Waals surface area contributed by atoms with Gasteiger partial charge in [0.15, 0.2) is 11.6 Å². The van der Waals surface area contributed by atoms with Gasteiger partial charge in [-0.1, -0.05) is 198 Å². The molecule has 0 aromatic heterocycles. The first-order chi connectivity index (χ1) is 27.0. The number of fused-ring (bicyclic) bond motifs is 19. The highest BCUT2D eigenvalue weighted by Crippen LogP contribution is 2.79. The number of ketones is 2. The molecule has 0 N–H and O–H groups in total. The molecule has 2 aliphatic carbocycles. The number of rotatable bonds is 4. The summed E-state index contributed by atoms with van der Waals surface area (Å²) in [6, 6.07) is 57.3. The molecular weight excluding hydrogens is 744 g/mol. The summed E-state index contributed by atoms with van der Waals surface area (Å²) in [5.41, 5.74) is 4.02. The molecule has 4 heterocycles. The molecular formula is C50H33BrO4. The summed E-state index contributed by atoms with van der Waals surface area (Å²) in [7, 11) is 0. The summed E-state index contributed by atoms with van der Waals surface area (Å²) in [5.74, 6) is -2.52. The fourth-order valence-corrected chi connectivity index (χ4v) is 13.1. The van der Waals surface area contributed by atoms with Crippen molar-refractivity contribution in [1.82, 2.24) is 0 Å². The van der Waals surface area contributed by atoms with Crippen molar-refractivity contribution in [3.8, 4) is 0 Å². The van der Waals surface area contributed by atoms with Crippen molar-refractivity contribution < 1.29 is 19.1 Å². The fourth-order valence-electron chi connectivity index (χ4n) is 11.7. The van der Waals surface area contributed by atoms with Crippen LogP contribution in [0.1, 0.15) is 44.5 Å². The van der Waals surface area contributed by atoms with E-state index in [2.05, 4.69) is 88.7 Å². The average Bonchev–Trinajstić information content (AvgIpc) is 3.85. The van der Waals surface area contributed by atoms with E-state index in [4.69, 9.17) is 9.47 Å². The Labute approximate surface area is 327 Å². The number of Topliss-reactive ketones (excluding diaryl/α,β-unsaturated/α-hetero) is 2. The minimum absolute atomic E-state index is 0.0193. The van der Waals surface area contributed by atoms with Gasteiger partial charge in [-0.2, -0.15) is 0 Å². The van der Waals surface area contributed by atoms with Crippen LogP contribution in [0.4, 0.5) is 0 Å². The van der Waals surface area contributed by atoms with Crippen LogP contribution in [0.15, 0.2) is 193 Å². The second-order valence-corrected chi connectivity index (χ2v) is 16.9. The van der Waals surface area contributed by atoms with Gasteiger partial charge in [0.05, 0.1) is 17.8 Å². The van der Waals surface area contributed by atoms with Crippen molar-refractivity contribution in [2.24, 2.45) is 17.8 Å². The molecule has 0 radical (unpaired) electrons. The fraction of sp³-hybridized carbons (Fsp3) is 0.160. The third-order valence-electron chi connectivity index (χ3n) is 13.6. The number of allylic oxidation sites excluding steroid dienone is 1. The first-order valence-electron chi connectivity index (χ1n) is 19.0. The highest BCUT2D eigenvalue weighted by Gasteiger charge is 2.84. The van der Waals surface area contributed by atoms with E-state index in [9.17, 15) is 0 Å². The molecule has 0 saturated carbocycles. The molecule has 12 rings (SSSR count). The largest absolute Gasteiger partial charge is 0.347 e. The van der Waals surface area contributed by atoms with E-state index in [1.165, 1.54) is 0 Å². The van der Waals surface area contributed by atoms with Crippen molar-refractivity contribution in [3.63, 3.8) is 0 Å². The third-order valence-corrected chi connectivity index (χ3v) is 15.0. The van der Waals surface area contributed by atoms with Crippen molar-refractivity contribution in [1.29, 1.82) is 0 Å². The van der Waals surface area contributed by atoms with E-state index >= 15 is 9.59 Å². The standard InChI is InChI=1S/C50H33BrO4/c51-49-39-29-30-40-43(52)42(47(32-19-7-2-8-20-32)36-26-14-13-25-35(36)46(40,54-47)31-17-5-1-6-18-31)41(39)44(53)45(49)48(33-21-9-3-10-22-33)37-27-15-16-28-38(37)50(49,55-48)34-23-11-4-12-24-34/h1-30,40,42,45H/t40-,42+,45+,46+,47-,48+,49-,50-/m1/s1. The Morgan fingerprint density at radius 2 is 0.909 bits per heavy atom. The summed E-state index contributed by atoms with van der Waals surface area (Å²) in [4.78, 5) is 32.2. The number of halogens is 1. The summed E-state index contributed by atoms with van der Waals surface area (Å²) >= 11 is 4.47. The van der Waals surface area contributed by atoms with Crippen LogP contribution in [0.2, 0.25) is 0 Å². The zero-order chi connectivity index (χ0) is 36.8. The molecule has 6 aromatic rings. The molecule has 0 amide bonds. The number of benzene rings is 6. The van der Waals surface area contributed by atoms with Gasteiger partial charge in [-0.25, -0.2) is 0 Å². The molecule has 55 heavy (non-hydrogen) atoms. The number of carbonyl (C=O) groups is 2. The topological polar surface area (TPSA) is 52.6 Å². The Hall–Kier alpha value is -5.46.